The summed E-state index contributed by atoms with van der Waals surface area (Å²) in [6.45, 7) is 3.56. The van der Waals surface area contributed by atoms with Gasteiger partial charge in [0, 0.05) is 0 Å². The van der Waals surface area contributed by atoms with Crippen molar-refractivity contribution in [2.45, 2.75) is 51.6 Å². The Bertz CT molecular complexity index is 207. The molecule has 1 fully saturated rings. The summed E-state index contributed by atoms with van der Waals surface area (Å²) in [6.07, 6.45) is 4.96. The van der Waals surface area contributed by atoms with Gasteiger partial charge in [-0.1, -0.05) is 33.1 Å². The summed E-state index contributed by atoms with van der Waals surface area (Å²) in [5, 5.41) is 19.3. The molecule has 1 aliphatic rings. The molecular formula is C11H20O3. The van der Waals surface area contributed by atoms with Gasteiger partial charge >= 0.3 is 5.97 Å². The van der Waals surface area contributed by atoms with E-state index in [1.54, 1.807) is 13.8 Å². The van der Waals surface area contributed by atoms with Crippen molar-refractivity contribution in [3.63, 3.8) is 0 Å². The molecule has 14 heavy (non-hydrogen) atoms. The quantitative estimate of drug-likeness (QED) is 0.733. The minimum Gasteiger partial charge on any atom is -0.479 e. The Morgan fingerprint density at radius 2 is 1.79 bits per heavy atom. The molecule has 0 bridgehead atoms. The van der Waals surface area contributed by atoms with Gasteiger partial charge in [0.1, 0.15) is 0 Å². The van der Waals surface area contributed by atoms with E-state index in [9.17, 15) is 9.90 Å². The minimum absolute atomic E-state index is 0.0613. The van der Waals surface area contributed by atoms with E-state index in [0.717, 1.165) is 25.7 Å². The lowest BCUT2D eigenvalue weighted by Gasteiger charge is -2.37. The minimum atomic E-state index is -1.51. The number of hydrogen-bond donors (Lipinski definition) is 2. The van der Waals surface area contributed by atoms with Crippen LogP contribution in [-0.4, -0.2) is 21.8 Å². The van der Waals surface area contributed by atoms with Crippen LogP contribution in [-0.2, 0) is 4.79 Å². The molecule has 1 saturated carbocycles. The molecule has 0 saturated heterocycles. The van der Waals surface area contributed by atoms with E-state index in [1.165, 1.54) is 6.42 Å². The van der Waals surface area contributed by atoms with E-state index < -0.39 is 11.6 Å². The maximum Gasteiger partial charge on any atom is 0.336 e. The van der Waals surface area contributed by atoms with Crippen molar-refractivity contribution in [3.05, 3.63) is 0 Å². The molecule has 0 heterocycles. The Balaban J connectivity index is 2.80. The van der Waals surface area contributed by atoms with Gasteiger partial charge in [0.25, 0.3) is 0 Å². The zero-order chi connectivity index (χ0) is 10.8. The molecule has 1 atom stereocenters. The highest BCUT2D eigenvalue weighted by atomic mass is 16.4. The predicted molar refractivity (Wildman–Crippen MR) is 54.0 cm³/mol. The molecule has 2 N–H and O–H groups in total. The van der Waals surface area contributed by atoms with Crippen molar-refractivity contribution in [2.24, 2.45) is 11.8 Å². The molecular weight excluding hydrogens is 180 g/mol. The number of hydrogen-bond acceptors (Lipinski definition) is 2. The van der Waals surface area contributed by atoms with Crippen LogP contribution in [0.4, 0.5) is 0 Å². The Labute approximate surface area is 85.1 Å². The molecule has 1 aliphatic carbocycles. The average Bonchev–Trinajstić information content (AvgIpc) is 2.17. The third-order valence-electron chi connectivity index (χ3n) is 3.45. The van der Waals surface area contributed by atoms with Gasteiger partial charge in [-0.25, -0.2) is 4.79 Å². The second-order valence-corrected chi connectivity index (χ2v) is 4.62. The first kappa shape index (κ1) is 11.5. The fourth-order valence-electron chi connectivity index (χ4n) is 2.44. The van der Waals surface area contributed by atoms with Crippen molar-refractivity contribution >= 4 is 5.97 Å². The fourth-order valence-corrected chi connectivity index (χ4v) is 2.44. The van der Waals surface area contributed by atoms with Crippen LogP contribution in [0, 0.1) is 11.8 Å². The van der Waals surface area contributed by atoms with Crippen LogP contribution in [0.1, 0.15) is 46.0 Å². The Kier molecular flexibility index (Phi) is 3.53. The van der Waals surface area contributed by atoms with Crippen LogP contribution in [0.5, 0.6) is 0 Å². The van der Waals surface area contributed by atoms with Crippen LogP contribution in [0.3, 0.4) is 0 Å². The molecule has 82 valence electrons. The summed E-state index contributed by atoms with van der Waals surface area (Å²) < 4.78 is 0. The molecule has 0 aromatic rings. The second kappa shape index (κ2) is 4.30. The first-order chi connectivity index (χ1) is 6.49. The van der Waals surface area contributed by atoms with Crippen LogP contribution in [0.2, 0.25) is 0 Å². The summed E-state index contributed by atoms with van der Waals surface area (Å²) in [4.78, 5) is 11.1. The number of carboxylic acids is 1. The fraction of sp³-hybridized carbons (Fsp3) is 0.909. The van der Waals surface area contributed by atoms with Crippen LogP contribution < -0.4 is 0 Å². The molecule has 3 nitrogen and oxygen atoms in total. The Morgan fingerprint density at radius 1 is 1.29 bits per heavy atom. The second-order valence-electron chi connectivity index (χ2n) is 4.62. The van der Waals surface area contributed by atoms with Crippen molar-refractivity contribution < 1.29 is 15.0 Å². The number of aliphatic hydroxyl groups is 1. The monoisotopic (exact) mass is 200 g/mol. The van der Waals surface area contributed by atoms with E-state index in [4.69, 9.17) is 5.11 Å². The Morgan fingerprint density at radius 3 is 2.14 bits per heavy atom. The summed E-state index contributed by atoms with van der Waals surface area (Å²) in [7, 11) is 0. The van der Waals surface area contributed by atoms with Crippen LogP contribution in [0.25, 0.3) is 0 Å². The number of rotatable bonds is 3. The van der Waals surface area contributed by atoms with E-state index in [-0.39, 0.29) is 11.8 Å². The average molecular weight is 200 g/mol. The number of aliphatic carboxylic acids is 1. The van der Waals surface area contributed by atoms with Crippen molar-refractivity contribution in [1.82, 2.24) is 0 Å². The van der Waals surface area contributed by atoms with Crippen LogP contribution >= 0.6 is 0 Å². The first-order valence-electron chi connectivity index (χ1n) is 5.45. The van der Waals surface area contributed by atoms with E-state index in [0.29, 0.717) is 0 Å². The van der Waals surface area contributed by atoms with Gasteiger partial charge in [-0.2, -0.15) is 0 Å². The lowest BCUT2D eigenvalue weighted by Crippen LogP contribution is -2.50. The molecule has 1 rings (SSSR count). The van der Waals surface area contributed by atoms with Crippen molar-refractivity contribution in [2.75, 3.05) is 0 Å². The lowest BCUT2D eigenvalue weighted by atomic mass is 9.71. The maximum absolute atomic E-state index is 11.1. The summed E-state index contributed by atoms with van der Waals surface area (Å²) in [6, 6.07) is 0. The topological polar surface area (TPSA) is 57.5 Å². The summed E-state index contributed by atoms with van der Waals surface area (Å²) in [5.74, 6) is -1.34. The van der Waals surface area contributed by atoms with E-state index >= 15 is 0 Å². The maximum atomic E-state index is 11.1. The van der Waals surface area contributed by atoms with Crippen molar-refractivity contribution in [1.29, 1.82) is 0 Å². The van der Waals surface area contributed by atoms with Gasteiger partial charge in [-0.15, -0.1) is 0 Å². The van der Waals surface area contributed by atoms with Gasteiger partial charge in [-0.3, -0.25) is 0 Å². The highest BCUT2D eigenvalue weighted by Crippen LogP contribution is 2.37. The predicted octanol–water partition coefficient (Wildman–Crippen LogP) is 2.04. The molecule has 0 amide bonds. The van der Waals surface area contributed by atoms with Gasteiger partial charge in [0.15, 0.2) is 5.60 Å². The van der Waals surface area contributed by atoms with Gasteiger partial charge in [0.2, 0.25) is 0 Å². The largest absolute Gasteiger partial charge is 0.479 e. The van der Waals surface area contributed by atoms with Gasteiger partial charge in [-0.05, 0) is 24.7 Å². The SMILES string of the molecule is CC(C)C(O)(C(=O)O)C1CCCCC1. The normalized spacial score (nSPS) is 23.4. The molecule has 0 aliphatic heterocycles. The first-order valence-corrected chi connectivity index (χ1v) is 5.45. The number of carboxylic acid groups (broad SMARTS) is 1. The molecule has 3 heteroatoms. The molecule has 0 aromatic heterocycles. The Hall–Kier alpha value is -0.570. The summed E-state index contributed by atoms with van der Waals surface area (Å²) in [5.41, 5.74) is -1.51. The third-order valence-corrected chi connectivity index (χ3v) is 3.45. The third kappa shape index (κ3) is 1.92. The highest BCUT2D eigenvalue weighted by Gasteiger charge is 2.46. The van der Waals surface area contributed by atoms with Crippen molar-refractivity contribution in [3.8, 4) is 0 Å². The lowest BCUT2D eigenvalue weighted by molar-refractivity contribution is -0.173. The molecule has 0 aromatic carbocycles. The molecule has 0 spiro atoms. The highest BCUT2D eigenvalue weighted by molar-refractivity contribution is 5.78. The zero-order valence-electron chi connectivity index (χ0n) is 8.99. The molecule has 0 radical (unpaired) electrons. The number of carbonyl (C=O) groups is 1. The van der Waals surface area contributed by atoms with Crippen LogP contribution in [0.15, 0.2) is 0 Å². The standard InChI is InChI=1S/C11H20O3/c1-8(2)11(14,10(12)13)9-6-4-3-5-7-9/h8-9,14H,3-7H2,1-2H3,(H,12,13). The zero-order valence-corrected chi connectivity index (χ0v) is 8.99. The van der Waals surface area contributed by atoms with E-state index in [2.05, 4.69) is 0 Å². The van der Waals surface area contributed by atoms with E-state index in [1.807, 2.05) is 0 Å². The smallest absolute Gasteiger partial charge is 0.336 e. The summed E-state index contributed by atoms with van der Waals surface area (Å²) >= 11 is 0. The molecule has 1 unspecified atom stereocenters. The van der Waals surface area contributed by atoms with Gasteiger partial charge < -0.3 is 10.2 Å². The van der Waals surface area contributed by atoms with Gasteiger partial charge in [0.05, 0.1) is 0 Å².